The normalized spacial score (nSPS) is 31.3. The minimum absolute atomic E-state index is 0.0499. The second-order valence-electron chi connectivity index (χ2n) is 5.76. The molecule has 0 bridgehead atoms. The third kappa shape index (κ3) is 2.88. The lowest BCUT2D eigenvalue weighted by molar-refractivity contribution is -0.206. The lowest BCUT2D eigenvalue weighted by Gasteiger charge is -2.29. The Morgan fingerprint density at radius 1 is 1.56 bits per heavy atom. The van der Waals surface area contributed by atoms with Gasteiger partial charge in [0, 0.05) is 0 Å². The largest absolute Gasteiger partial charge is 0.394 e. The highest BCUT2D eigenvalue weighted by atomic mass is 16.8. The summed E-state index contributed by atoms with van der Waals surface area (Å²) in [6, 6.07) is 0. The molecule has 138 valence electrons. The average Bonchev–Trinajstić information content (AvgIpc) is 3.06. The first kappa shape index (κ1) is 17.7. The first-order valence-corrected chi connectivity index (χ1v) is 7.41. The summed E-state index contributed by atoms with van der Waals surface area (Å²) in [7, 11) is 1.39. The number of ether oxygens (including phenoxy) is 1. The summed E-state index contributed by atoms with van der Waals surface area (Å²) in [6.45, 7) is 0.786. The van der Waals surface area contributed by atoms with Crippen LogP contribution >= 0.6 is 0 Å². The molecule has 1 aromatic heterocycles. The van der Waals surface area contributed by atoms with E-state index in [1.54, 1.807) is 0 Å². The van der Waals surface area contributed by atoms with E-state index >= 15 is 0 Å². The monoisotopic (exact) mass is 357 g/mol. The van der Waals surface area contributed by atoms with Crippen LogP contribution in [0.2, 0.25) is 0 Å². The van der Waals surface area contributed by atoms with Crippen molar-refractivity contribution in [1.82, 2.24) is 9.97 Å². The molecule has 0 radical (unpaired) electrons. The van der Waals surface area contributed by atoms with Crippen molar-refractivity contribution < 1.29 is 34.5 Å². The number of fused-ring (bicyclic) bond motifs is 1. The smallest absolute Gasteiger partial charge is 0.215 e. The Kier molecular flexibility index (Phi) is 4.73. The summed E-state index contributed by atoms with van der Waals surface area (Å²) < 4.78 is 5.36. The van der Waals surface area contributed by atoms with E-state index in [2.05, 4.69) is 15.4 Å². The van der Waals surface area contributed by atoms with Crippen molar-refractivity contribution in [3.05, 3.63) is 6.33 Å². The summed E-state index contributed by atoms with van der Waals surface area (Å²) in [5, 5.41) is 30.9. The molecule has 12 nitrogen and oxygen atoms in total. The molecule has 0 unspecified atom stereocenters. The van der Waals surface area contributed by atoms with Gasteiger partial charge < -0.3 is 20.1 Å². The number of hydroxylamine groups is 1. The predicted octanol–water partition coefficient (Wildman–Crippen LogP) is -2.05. The van der Waals surface area contributed by atoms with Crippen LogP contribution in [0.3, 0.4) is 0 Å². The fourth-order valence-corrected chi connectivity index (χ4v) is 2.71. The summed E-state index contributed by atoms with van der Waals surface area (Å²) in [5.74, 6) is 0.487. The van der Waals surface area contributed by atoms with Gasteiger partial charge in [-0.15, -0.1) is 0 Å². The van der Waals surface area contributed by atoms with Crippen molar-refractivity contribution in [2.24, 2.45) is 0 Å². The van der Waals surface area contributed by atoms with Crippen LogP contribution in [0.1, 0.15) is 6.92 Å². The van der Waals surface area contributed by atoms with Crippen molar-refractivity contribution >= 4 is 23.7 Å². The average molecular weight is 357 g/mol. The lowest BCUT2D eigenvalue weighted by Crippen LogP contribution is -2.49. The van der Waals surface area contributed by atoms with E-state index in [0.29, 0.717) is 12.1 Å². The SMILES string of the molecule is CONc1ncnc2c1N(C=O)CN2O[C@H]1O[C@H](CO)[C@@H](O)[C@@]1(C)O. The number of carbonyl (C=O) groups is 1. The second-order valence-corrected chi connectivity index (χ2v) is 5.76. The van der Waals surface area contributed by atoms with Crippen LogP contribution in [0.15, 0.2) is 6.33 Å². The zero-order valence-electron chi connectivity index (χ0n) is 13.6. The van der Waals surface area contributed by atoms with Gasteiger partial charge >= 0.3 is 0 Å². The first-order chi connectivity index (χ1) is 11.9. The number of hydrogen-bond acceptors (Lipinski definition) is 11. The van der Waals surface area contributed by atoms with Gasteiger partial charge in [0.15, 0.2) is 11.6 Å². The van der Waals surface area contributed by atoms with Crippen molar-refractivity contribution in [3.8, 4) is 0 Å². The molecular formula is C13H19N5O7. The van der Waals surface area contributed by atoms with Crippen LogP contribution in [0.4, 0.5) is 17.3 Å². The first-order valence-electron chi connectivity index (χ1n) is 7.41. The van der Waals surface area contributed by atoms with E-state index in [1.165, 1.54) is 30.3 Å². The summed E-state index contributed by atoms with van der Waals surface area (Å²) in [4.78, 5) is 31.1. The maximum Gasteiger partial charge on any atom is 0.215 e. The Bertz CT molecular complexity index is 645. The maximum atomic E-state index is 11.4. The van der Waals surface area contributed by atoms with Crippen LogP contribution in [0.25, 0.3) is 0 Å². The molecule has 4 atom stereocenters. The molecule has 0 aromatic carbocycles. The molecule has 3 rings (SSSR count). The second kappa shape index (κ2) is 6.67. The highest BCUT2D eigenvalue weighted by Gasteiger charge is 2.54. The minimum Gasteiger partial charge on any atom is -0.394 e. The molecule has 12 heteroatoms. The van der Waals surface area contributed by atoms with Gasteiger partial charge in [-0.3, -0.25) is 14.5 Å². The standard InChI is InChI=1S/C13H19N5O7/c1-13(22)9(21)7(3-19)24-12(13)25-18-5-17(6-20)8-10(16-23-2)14-4-15-11(8)18/h4,6-7,9,12,19,21-22H,3,5H2,1-2H3,(H,14,15,16)/t7-,9-,12-,13-/m1/s1. The van der Waals surface area contributed by atoms with Gasteiger partial charge in [-0.1, -0.05) is 0 Å². The van der Waals surface area contributed by atoms with E-state index in [9.17, 15) is 20.1 Å². The number of anilines is 3. The Labute approximate surface area is 142 Å². The van der Waals surface area contributed by atoms with Gasteiger partial charge in [0.1, 0.15) is 36.5 Å². The van der Waals surface area contributed by atoms with Crippen LogP contribution in [-0.2, 0) is 19.2 Å². The quantitative estimate of drug-likeness (QED) is 0.329. The van der Waals surface area contributed by atoms with Crippen molar-refractivity contribution in [2.75, 3.05) is 35.8 Å². The molecule has 0 spiro atoms. The lowest BCUT2D eigenvalue weighted by atomic mass is 9.98. The van der Waals surface area contributed by atoms with Gasteiger partial charge in [-0.25, -0.2) is 25.3 Å². The molecule has 2 aliphatic heterocycles. The molecule has 25 heavy (non-hydrogen) atoms. The number of aliphatic hydroxyl groups is 3. The number of hydrogen-bond donors (Lipinski definition) is 4. The van der Waals surface area contributed by atoms with Gasteiger partial charge in [-0.2, -0.15) is 0 Å². The molecule has 2 aliphatic rings. The van der Waals surface area contributed by atoms with Crippen molar-refractivity contribution in [3.63, 3.8) is 0 Å². The minimum atomic E-state index is -1.78. The highest BCUT2D eigenvalue weighted by molar-refractivity contribution is 5.92. The van der Waals surface area contributed by atoms with Crippen LogP contribution in [-0.4, -0.2) is 76.2 Å². The summed E-state index contributed by atoms with van der Waals surface area (Å²) >= 11 is 0. The van der Waals surface area contributed by atoms with E-state index in [-0.39, 0.29) is 18.3 Å². The topological polar surface area (TPSA) is 150 Å². The van der Waals surface area contributed by atoms with Crippen molar-refractivity contribution in [1.29, 1.82) is 0 Å². The van der Waals surface area contributed by atoms with E-state index in [1.807, 2.05) is 0 Å². The van der Waals surface area contributed by atoms with Crippen LogP contribution in [0.5, 0.6) is 0 Å². The molecule has 0 saturated carbocycles. The Balaban J connectivity index is 1.86. The van der Waals surface area contributed by atoms with E-state index in [0.717, 1.165) is 0 Å². The molecule has 3 heterocycles. The van der Waals surface area contributed by atoms with E-state index < -0.39 is 30.7 Å². The third-order valence-electron chi connectivity index (χ3n) is 4.06. The molecule has 1 amide bonds. The van der Waals surface area contributed by atoms with Gasteiger partial charge in [0.05, 0.1) is 13.7 Å². The fraction of sp³-hybridized carbons (Fsp3) is 0.615. The number of rotatable bonds is 6. The summed E-state index contributed by atoms with van der Waals surface area (Å²) in [5.41, 5.74) is 1.08. The van der Waals surface area contributed by atoms with E-state index in [4.69, 9.17) is 14.4 Å². The van der Waals surface area contributed by atoms with Gasteiger partial charge in [-0.05, 0) is 6.92 Å². The van der Waals surface area contributed by atoms with Gasteiger partial charge in [0.2, 0.25) is 12.7 Å². The number of aromatic nitrogens is 2. The van der Waals surface area contributed by atoms with Crippen LogP contribution < -0.4 is 15.4 Å². The Morgan fingerprint density at radius 3 is 2.92 bits per heavy atom. The van der Waals surface area contributed by atoms with Crippen molar-refractivity contribution in [2.45, 2.75) is 31.0 Å². The number of nitrogens with one attached hydrogen (secondary N) is 1. The maximum absolute atomic E-state index is 11.4. The predicted molar refractivity (Wildman–Crippen MR) is 82.0 cm³/mol. The number of amides is 1. The Hall–Kier alpha value is -2.09. The molecule has 1 saturated heterocycles. The molecule has 0 aliphatic carbocycles. The highest BCUT2D eigenvalue weighted by Crippen LogP contribution is 2.40. The fourth-order valence-electron chi connectivity index (χ4n) is 2.71. The molecule has 4 N–H and O–H groups in total. The zero-order chi connectivity index (χ0) is 18.2. The zero-order valence-corrected chi connectivity index (χ0v) is 13.6. The number of aliphatic hydroxyl groups excluding tert-OH is 2. The van der Waals surface area contributed by atoms with Crippen LogP contribution in [0, 0.1) is 0 Å². The Morgan fingerprint density at radius 2 is 2.32 bits per heavy atom. The molecule has 1 aromatic rings. The molecular weight excluding hydrogens is 338 g/mol. The number of carbonyl (C=O) groups excluding carboxylic acids is 1. The summed E-state index contributed by atoms with van der Waals surface area (Å²) in [6.07, 6.45) is -1.83. The third-order valence-corrected chi connectivity index (χ3v) is 4.06. The molecule has 1 fully saturated rings. The van der Waals surface area contributed by atoms with Gasteiger partial charge in [0.25, 0.3) is 0 Å². The number of nitrogens with zero attached hydrogens (tertiary/aromatic N) is 4.